The molecular formula is C10H6Cl2FN. The fourth-order valence-corrected chi connectivity index (χ4v) is 1.61. The molecular weight excluding hydrogens is 224 g/mol. The number of aryl methyl sites for hydroxylation is 1. The van der Waals surface area contributed by atoms with Gasteiger partial charge in [-0.15, -0.1) is 0 Å². The van der Waals surface area contributed by atoms with Crippen LogP contribution in [0.1, 0.15) is 5.56 Å². The van der Waals surface area contributed by atoms with Gasteiger partial charge >= 0.3 is 0 Å². The molecule has 0 radical (unpaired) electrons. The first-order chi connectivity index (χ1) is 6.59. The van der Waals surface area contributed by atoms with Gasteiger partial charge in [0.1, 0.15) is 11.0 Å². The molecule has 0 saturated heterocycles. The summed E-state index contributed by atoms with van der Waals surface area (Å²) in [5.74, 6) is -0.289. The second-order valence-electron chi connectivity index (χ2n) is 3.01. The van der Waals surface area contributed by atoms with Gasteiger partial charge in [0.15, 0.2) is 0 Å². The van der Waals surface area contributed by atoms with Crippen molar-refractivity contribution in [2.75, 3.05) is 0 Å². The fourth-order valence-electron chi connectivity index (χ4n) is 1.31. The van der Waals surface area contributed by atoms with E-state index >= 15 is 0 Å². The molecule has 0 amide bonds. The molecule has 2 rings (SSSR count). The van der Waals surface area contributed by atoms with Crippen molar-refractivity contribution < 1.29 is 4.39 Å². The van der Waals surface area contributed by atoms with E-state index in [4.69, 9.17) is 23.2 Å². The van der Waals surface area contributed by atoms with Crippen LogP contribution in [0.3, 0.4) is 0 Å². The minimum Gasteiger partial charge on any atom is -0.234 e. The summed E-state index contributed by atoms with van der Waals surface area (Å²) >= 11 is 11.5. The summed E-state index contributed by atoms with van der Waals surface area (Å²) in [7, 11) is 0. The van der Waals surface area contributed by atoms with Gasteiger partial charge in [-0.25, -0.2) is 9.37 Å². The summed E-state index contributed by atoms with van der Waals surface area (Å²) in [5, 5.41) is 1.37. The number of nitrogens with zero attached hydrogens (tertiary/aromatic N) is 1. The van der Waals surface area contributed by atoms with Crippen molar-refractivity contribution in [3.63, 3.8) is 0 Å². The first-order valence-corrected chi connectivity index (χ1v) is 4.76. The van der Waals surface area contributed by atoms with Gasteiger partial charge in [0.2, 0.25) is 0 Å². The highest BCUT2D eigenvalue weighted by atomic mass is 35.5. The molecule has 1 aromatic carbocycles. The lowest BCUT2D eigenvalue weighted by Gasteiger charge is -2.03. The maximum atomic E-state index is 13.2. The zero-order valence-electron chi connectivity index (χ0n) is 7.31. The average Bonchev–Trinajstić information content (AvgIpc) is 2.15. The molecule has 0 bridgehead atoms. The van der Waals surface area contributed by atoms with Crippen LogP contribution in [0.2, 0.25) is 10.2 Å². The first-order valence-electron chi connectivity index (χ1n) is 4.00. The Hall–Kier alpha value is -0.860. The summed E-state index contributed by atoms with van der Waals surface area (Å²) in [6.07, 6.45) is 0. The summed E-state index contributed by atoms with van der Waals surface area (Å²) in [6, 6.07) is 4.70. The Morgan fingerprint density at radius 2 is 2.00 bits per heavy atom. The Morgan fingerprint density at radius 1 is 1.29 bits per heavy atom. The summed E-state index contributed by atoms with van der Waals surface area (Å²) in [6.45, 7) is 1.66. The Morgan fingerprint density at radius 3 is 2.71 bits per heavy atom. The molecule has 0 aliphatic rings. The van der Waals surface area contributed by atoms with E-state index in [1.54, 1.807) is 19.1 Å². The van der Waals surface area contributed by atoms with Crippen LogP contribution in [0.4, 0.5) is 4.39 Å². The van der Waals surface area contributed by atoms with Gasteiger partial charge in [-0.05, 0) is 25.1 Å². The van der Waals surface area contributed by atoms with Crippen molar-refractivity contribution in [1.82, 2.24) is 4.98 Å². The van der Waals surface area contributed by atoms with E-state index in [-0.39, 0.29) is 11.0 Å². The van der Waals surface area contributed by atoms with E-state index in [9.17, 15) is 4.39 Å². The lowest BCUT2D eigenvalue weighted by molar-refractivity contribution is 0.620. The molecule has 0 aliphatic heterocycles. The number of hydrogen-bond acceptors (Lipinski definition) is 1. The van der Waals surface area contributed by atoms with Crippen LogP contribution in [0.25, 0.3) is 10.9 Å². The number of aromatic nitrogens is 1. The number of pyridine rings is 1. The minimum absolute atomic E-state index is 0.202. The quantitative estimate of drug-likeness (QED) is 0.623. The largest absolute Gasteiger partial charge is 0.234 e. The van der Waals surface area contributed by atoms with Crippen molar-refractivity contribution in [2.45, 2.75) is 6.92 Å². The van der Waals surface area contributed by atoms with Crippen LogP contribution in [0, 0.1) is 12.7 Å². The van der Waals surface area contributed by atoms with Crippen LogP contribution in [-0.4, -0.2) is 4.98 Å². The van der Waals surface area contributed by atoms with Gasteiger partial charge in [0.05, 0.1) is 10.5 Å². The molecule has 0 aliphatic carbocycles. The van der Waals surface area contributed by atoms with Gasteiger partial charge in [0, 0.05) is 10.9 Å². The molecule has 2 aromatic rings. The summed E-state index contributed by atoms with van der Waals surface area (Å²) in [5.41, 5.74) is 1.04. The van der Waals surface area contributed by atoms with Gasteiger partial charge in [-0.1, -0.05) is 23.2 Å². The topological polar surface area (TPSA) is 12.9 Å². The van der Waals surface area contributed by atoms with Crippen molar-refractivity contribution in [1.29, 1.82) is 0 Å². The zero-order valence-corrected chi connectivity index (χ0v) is 8.83. The van der Waals surface area contributed by atoms with Crippen LogP contribution in [0.5, 0.6) is 0 Å². The smallest absolute Gasteiger partial charge is 0.148 e. The molecule has 0 N–H and O–H groups in total. The number of fused-ring (bicyclic) bond motifs is 1. The van der Waals surface area contributed by atoms with Crippen LogP contribution in [0.15, 0.2) is 18.2 Å². The van der Waals surface area contributed by atoms with Gasteiger partial charge in [-0.3, -0.25) is 0 Å². The third-order valence-corrected chi connectivity index (χ3v) is 2.76. The standard InChI is InChI=1S/C10H6Cl2FN/c1-5-8(13)3-2-6-4-7(11)10(12)14-9(5)6/h2-4H,1H3. The van der Waals surface area contributed by atoms with E-state index in [1.807, 2.05) is 0 Å². The van der Waals surface area contributed by atoms with Crippen LogP contribution >= 0.6 is 23.2 Å². The lowest BCUT2D eigenvalue weighted by atomic mass is 10.1. The Bertz CT molecular complexity index is 511. The molecule has 72 valence electrons. The van der Waals surface area contributed by atoms with E-state index in [1.165, 1.54) is 6.07 Å². The molecule has 14 heavy (non-hydrogen) atoms. The van der Waals surface area contributed by atoms with E-state index in [2.05, 4.69) is 4.98 Å². The molecule has 0 atom stereocenters. The van der Waals surface area contributed by atoms with Gasteiger partial charge in [-0.2, -0.15) is 0 Å². The second kappa shape index (κ2) is 3.37. The average molecular weight is 230 g/mol. The summed E-state index contributed by atoms with van der Waals surface area (Å²) in [4.78, 5) is 4.03. The molecule has 1 aromatic heterocycles. The lowest BCUT2D eigenvalue weighted by Crippen LogP contribution is -1.89. The molecule has 4 heteroatoms. The normalized spacial score (nSPS) is 10.9. The van der Waals surface area contributed by atoms with E-state index < -0.39 is 0 Å². The Kier molecular flexibility index (Phi) is 2.33. The predicted molar refractivity (Wildman–Crippen MR) is 56.5 cm³/mol. The van der Waals surface area contributed by atoms with Crippen LogP contribution < -0.4 is 0 Å². The van der Waals surface area contributed by atoms with Crippen molar-refractivity contribution in [2.24, 2.45) is 0 Å². The Labute approximate surface area is 90.5 Å². The fraction of sp³-hybridized carbons (Fsp3) is 0.100. The number of halogens is 3. The number of rotatable bonds is 0. The molecule has 0 saturated carbocycles. The zero-order chi connectivity index (χ0) is 10.3. The highest BCUT2D eigenvalue weighted by molar-refractivity contribution is 6.41. The third-order valence-electron chi connectivity index (χ3n) is 2.09. The number of hydrogen-bond donors (Lipinski definition) is 0. The molecule has 1 heterocycles. The van der Waals surface area contributed by atoms with Gasteiger partial charge in [0.25, 0.3) is 0 Å². The predicted octanol–water partition coefficient (Wildman–Crippen LogP) is 3.99. The highest BCUT2D eigenvalue weighted by Crippen LogP contribution is 2.27. The van der Waals surface area contributed by atoms with E-state index in [0.29, 0.717) is 16.1 Å². The highest BCUT2D eigenvalue weighted by Gasteiger charge is 2.07. The number of benzene rings is 1. The maximum Gasteiger partial charge on any atom is 0.148 e. The van der Waals surface area contributed by atoms with Crippen molar-refractivity contribution >= 4 is 34.1 Å². The monoisotopic (exact) mass is 229 g/mol. The maximum absolute atomic E-state index is 13.2. The minimum atomic E-state index is -0.289. The van der Waals surface area contributed by atoms with Crippen LogP contribution in [-0.2, 0) is 0 Å². The van der Waals surface area contributed by atoms with E-state index in [0.717, 1.165) is 5.39 Å². The van der Waals surface area contributed by atoms with Crippen molar-refractivity contribution in [3.05, 3.63) is 39.8 Å². The first kappa shape index (κ1) is 9.69. The SMILES string of the molecule is Cc1c(F)ccc2cc(Cl)c(Cl)nc12. The molecule has 1 nitrogen and oxygen atoms in total. The molecule has 0 spiro atoms. The molecule has 0 fully saturated rings. The summed E-state index contributed by atoms with van der Waals surface area (Å²) < 4.78 is 13.2. The van der Waals surface area contributed by atoms with Gasteiger partial charge < -0.3 is 0 Å². The molecule has 0 unspecified atom stereocenters. The second-order valence-corrected chi connectivity index (χ2v) is 3.77. The third kappa shape index (κ3) is 1.45. The van der Waals surface area contributed by atoms with Crippen molar-refractivity contribution in [3.8, 4) is 0 Å². The Balaban J connectivity index is 2.89.